The number of ether oxygens (including phenoxy) is 4. The van der Waals surface area contributed by atoms with Gasteiger partial charge < -0.3 is 93.8 Å². The summed E-state index contributed by atoms with van der Waals surface area (Å²) in [5.74, 6) is -1.45. The summed E-state index contributed by atoms with van der Waals surface area (Å²) in [6, 6.07) is -4.87. The first-order chi connectivity index (χ1) is 21.1. The molecule has 0 aromatic rings. The Morgan fingerprint density at radius 3 is 2.09 bits per heavy atom. The van der Waals surface area contributed by atoms with Crippen molar-refractivity contribution in [2.24, 2.45) is 34.6 Å². The molecule has 0 aromatic carbocycles. The van der Waals surface area contributed by atoms with E-state index in [0.717, 1.165) is 0 Å². The number of carbonyl (C=O) groups is 1. The van der Waals surface area contributed by atoms with Crippen molar-refractivity contribution in [2.45, 2.75) is 123 Å². The van der Waals surface area contributed by atoms with Crippen LogP contribution in [0.2, 0.25) is 0 Å². The Morgan fingerprint density at radius 2 is 1.49 bits per heavy atom. The highest BCUT2D eigenvalue weighted by molar-refractivity contribution is 5.91. The van der Waals surface area contributed by atoms with Crippen LogP contribution in [0.15, 0.2) is 0 Å². The summed E-state index contributed by atoms with van der Waals surface area (Å²) in [6.45, 7) is -0.774. The van der Waals surface area contributed by atoms with Gasteiger partial charge in [-0.15, -0.1) is 0 Å². The van der Waals surface area contributed by atoms with E-state index in [1.165, 1.54) is 0 Å². The van der Waals surface area contributed by atoms with Crippen LogP contribution in [0.4, 0.5) is 0 Å². The third kappa shape index (κ3) is 7.82. The number of Topliss-reactive ketones (excluding diaryl/α,β-unsaturated/α-hetero) is 1. The summed E-state index contributed by atoms with van der Waals surface area (Å²) in [5.41, 5.74) is 28.2. The highest BCUT2D eigenvalue weighted by atomic mass is 16.7. The van der Waals surface area contributed by atoms with Gasteiger partial charge in [-0.2, -0.15) is 0 Å². The Balaban J connectivity index is 1.52. The van der Waals surface area contributed by atoms with Crippen molar-refractivity contribution in [1.29, 1.82) is 0 Å². The molecule has 2 aliphatic heterocycles. The quantitative estimate of drug-likeness (QED) is 0.0876. The van der Waals surface area contributed by atoms with Crippen LogP contribution in [-0.4, -0.2) is 176 Å². The van der Waals surface area contributed by atoms with Crippen LogP contribution in [-0.2, 0) is 23.7 Å². The summed E-state index contributed by atoms with van der Waals surface area (Å²) in [6.07, 6.45) is -15.7. The highest BCUT2D eigenvalue weighted by Crippen LogP contribution is 2.41. The van der Waals surface area contributed by atoms with Crippen LogP contribution in [0.3, 0.4) is 0 Å². The molecule has 0 radical (unpaired) electrons. The van der Waals surface area contributed by atoms with E-state index in [1.807, 2.05) is 0 Å². The minimum atomic E-state index is -1.73. The van der Waals surface area contributed by atoms with Crippen LogP contribution in [0.25, 0.3) is 0 Å². The fraction of sp³-hybridized carbons (Fsp3) is 0.962. The van der Waals surface area contributed by atoms with E-state index in [0.29, 0.717) is 0 Å². The molecule has 19 heteroatoms. The maximum atomic E-state index is 13.0. The monoisotopic (exact) mass is 654 g/mol. The molecule has 2 heterocycles. The predicted molar refractivity (Wildman–Crippen MR) is 151 cm³/mol. The predicted octanol–water partition coefficient (Wildman–Crippen LogP) is -8.66. The highest BCUT2D eigenvalue weighted by Gasteiger charge is 2.58. The number of aliphatic hydroxyl groups excluding tert-OH is 7. The van der Waals surface area contributed by atoms with Gasteiger partial charge in [-0.05, 0) is 12.3 Å². The molecule has 0 bridgehead atoms. The Kier molecular flexibility index (Phi) is 12.3. The van der Waals surface area contributed by atoms with Gasteiger partial charge in [0.15, 0.2) is 18.4 Å². The molecule has 4 rings (SSSR count). The van der Waals surface area contributed by atoms with Gasteiger partial charge in [-0.25, -0.2) is 0 Å². The Hall–Kier alpha value is -1.05. The standard InChI is InChI=1S/C26H50N6O13/c27-9(6-33)4-32-5-11-18(37)19(38)16(31)24(42-11)45-23-10(28)1-8(2-14(35)26(41)3-13(26)29)22(21(23)40)44-25-20(39)15(30)17(36)12(7-34)43-25/h8-13,15-25,32-34,36-41H,1-7,27-31H2/t8-,9?,10-,11+,12+,13?,15-,16+,17+,18+,19+,20+,21+,22-,23?,24+,25+,26?/m0/s1. The van der Waals surface area contributed by atoms with Gasteiger partial charge in [-0.3, -0.25) is 4.79 Å². The molecule has 4 aliphatic rings. The van der Waals surface area contributed by atoms with Crippen molar-refractivity contribution in [2.75, 3.05) is 26.3 Å². The first kappa shape index (κ1) is 36.8. The number of nitrogens with one attached hydrogen (secondary N) is 1. The SMILES string of the molecule is NC(CO)CNC[C@H]1O[C@H](OC2[C@@H](N)C[C@@H](CC(=O)C3(O)CC3N)[C@H](O[C@H]3O[C@H](CO)[C@@H](O)[C@H](N)[C@H]3O)[C@H]2O)[C@H](N)[C@@H](O)[C@@H]1O. The molecule has 2 aliphatic carbocycles. The number of hydrogen-bond acceptors (Lipinski definition) is 19. The molecule has 19 nitrogen and oxygen atoms in total. The van der Waals surface area contributed by atoms with Crippen LogP contribution in [0.5, 0.6) is 0 Å². The van der Waals surface area contributed by atoms with Gasteiger partial charge in [0.05, 0.1) is 31.4 Å². The zero-order valence-electron chi connectivity index (χ0n) is 24.8. The maximum absolute atomic E-state index is 13.0. The lowest BCUT2D eigenvalue weighted by molar-refractivity contribution is -0.323. The van der Waals surface area contributed by atoms with Gasteiger partial charge in [0, 0.05) is 44.1 Å². The van der Waals surface area contributed by atoms with E-state index >= 15 is 0 Å². The smallest absolute Gasteiger partial charge is 0.186 e. The second-order valence-electron chi connectivity index (χ2n) is 12.7. The first-order valence-corrected chi connectivity index (χ1v) is 15.1. The fourth-order valence-electron chi connectivity index (χ4n) is 6.18. The van der Waals surface area contributed by atoms with E-state index < -0.39 is 122 Å². The summed E-state index contributed by atoms with van der Waals surface area (Å²) >= 11 is 0. The van der Waals surface area contributed by atoms with Crippen LogP contribution in [0.1, 0.15) is 19.3 Å². The fourth-order valence-corrected chi connectivity index (χ4v) is 6.18. The number of aliphatic hydroxyl groups is 8. The lowest BCUT2D eigenvalue weighted by Gasteiger charge is -2.49. The Labute approximate surface area is 259 Å². The molecule has 262 valence electrons. The van der Waals surface area contributed by atoms with Gasteiger partial charge in [-0.1, -0.05) is 0 Å². The molecule has 4 unspecified atom stereocenters. The number of ketones is 1. The zero-order chi connectivity index (χ0) is 33.4. The van der Waals surface area contributed by atoms with Crippen LogP contribution >= 0.6 is 0 Å². The molecule has 4 fully saturated rings. The molecular weight excluding hydrogens is 604 g/mol. The van der Waals surface area contributed by atoms with Crippen molar-refractivity contribution in [3.63, 3.8) is 0 Å². The first-order valence-electron chi connectivity index (χ1n) is 15.1. The minimum Gasteiger partial charge on any atom is -0.395 e. The van der Waals surface area contributed by atoms with Gasteiger partial charge in [0.25, 0.3) is 0 Å². The van der Waals surface area contributed by atoms with E-state index in [-0.39, 0.29) is 39.0 Å². The number of carbonyl (C=O) groups excluding carboxylic acids is 1. The molecule has 2 saturated carbocycles. The number of nitrogens with two attached hydrogens (primary N) is 5. The van der Waals surface area contributed by atoms with Crippen molar-refractivity contribution in [3.05, 3.63) is 0 Å². The average Bonchev–Trinajstić information content (AvgIpc) is 3.64. The molecular formula is C26H50N6O13. The number of hydrogen-bond donors (Lipinski definition) is 14. The minimum absolute atomic E-state index is 0.00616. The van der Waals surface area contributed by atoms with Crippen LogP contribution in [0, 0.1) is 5.92 Å². The van der Waals surface area contributed by atoms with Crippen LogP contribution < -0.4 is 34.0 Å². The maximum Gasteiger partial charge on any atom is 0.186 e. The Morgan fingerprint density at radius 1 is 0.867 bits per heavy atom. The molecule has 45 heavy (non-hydrogen) atoms. The normalized spacial score (nSPS) is 49.4. The molecule has 2 saturated heterocycles. The van der Waals surface area contributed by atoms with Crippen molar-refractivity contribution >= 4 is 5.78 Å². The second kappa shape index (κ2) is 15.0. The van der Waals surface area contributed by atoms with E-state index in [9.17, 15) is 40.5 Å². The third-order valence-corrected chi connectivity index (χ3v) is 9.30. The van der Waals surface area contributed by atoms with Gasteiger partial charge >= 0.3 is 0 Å². The largest absolute Gasteiger partial charge is 0.395 e. The second-order valence-corrected chi connectivity index (χ2v) is 12.7. The van der Waals surface area contributed by atoms with E-state index in [4.69, 9.17) is 52.7 Å². The average molecular weight is 655 g/mol. The number of rotatable bonds is 13. The zero-order valence-corrected chi connectivity index (χ0v) is 24.8. The van der Waals surface area contributed by atoms with Gasteiger partial charge in [0.2, 0.25) is 0 Å². The molecule has 0 amide bonds. The topological polar surface area (TPSA) is 358 Å². The van der Waals surface area contributed by atoms with Crippen molar-refractivity contribution < 1.29 is 64.6 Å². The third-order valence-electron chi connectivity index (χ3n) is 9.30. The van der Waals surface area contributed by atoms with Crippen molar-refractivity contribution in [1.82, 2.24) is 5.32 Å². The Bertz CT molecular complexity index is 990. The molecule has 18 atom stereocenters. The molecule has 0 spiro atoms. The lowest BCUT2D eigenvalue weighted by atomic mass is 9.76. The molecule has 0 aromatic heterocycles. The van der Waals surface area contributed by atoms with E-state index in [2.05, 4.69) is 5.32 Å². The summed E-state index contributed by atoms with van der Waals surface area (Å²) in [4.78, 5) is 13.0. The van der Waals surface area contributed by atoms with E-state index in [1.54, 1.807) is 0 Å². The lowest BCUT2D eigenvalue weighted by Crippen LogP contribution is -2.68. The van der Waals surface area contributed by atoms with Gasteiger partial charge in [0.1, 0.15) is 54.4 Å². The summed E-state index contributed by atoms with van der Waals surface area (Å²) in [7, 11) is 0. The van der Waals surface area contributed by atoms with Crippen molar-refractivity contribution in [3.8, 4) is 0 Å². The molecule has 19 N–H and O–H groups in total. The summed E-state index contributed by atoms with van der Waals surface area (Å²) in [5, 5.41) is 85.9. The summed E-state index contributed by atoms with van der Waals surface area (Å²) < 4.78 is 23.4.